The second kappa shape index (κ2) is 6.63. The molecule has 1 amide bonds. The van der Waals surface area contributed by atoms with Gasteiger partial charge < -0.3 is 15.1 Å². The summed E-state index contributed by atoms with van der Waals surface area (Å²) in [5.74, 6) is 0.597. The molecule has 2 heterocycles. The monoisotopic (exact) mass is 307 g/mol. The Balaban J connectivity index is 1.77. The largest absolute Gasteiger partial charge is 0.444 e. The minimum atomic E-state index is -0.418. The van der Waals surface area contributed by atoms with Crippen LogP contribution >= 0.6 is 0 Å². The second-order valence-corrected chi connectivity index (χ2v) is 7.22. The van der Waals surface area contributed by atoms with Crippen molar-refractivity contribution in [1.82, 2.24) is 9.58 Å². The number of hydrogen-bond acceptors (Lipinski definition) is 3. The van der Waals surface area contributed by atoms with E-state index in [1.165, 1.54) is 11.4 Å². The van der Waals surface area contributed by atoms with E-state index in [2.05, 4.69) is 36.1 Å². The molecule has 0 unspecified atom stereocenters. The Hall–Kier alpha value is -1.65. The van der Waals surface area contributed by atoms with Gasteiger partial charge in [0.1, 0.15) is 5.60 Å². The van der Waals surface area contributed by atoms with E-state index in [1.807, 2.05) is 25.7 Å². The lowest BCUT2D eigenvalue weighted by molar-refractivity contribution is 0.0187. The molecule has 1 saturated heterocycles. The van der Waals surface area contributed by atoms with Crippen LogP contribution in [0.2, 0.25) is 0 Å². The van der Waals surface area contributed by atoms with Gasteiger partial charge in [-0.05, 0) is 65.5 Å². The molecule has 5 nitrogen and oxygen atoms in total. The van der Waals surface area contributed by atoms with Crippen LogP contribution in [0.15, 0.2) is 12.1 Å². The van der Waals surface area contributed by atoms with Crippen molar-refractivity contribution < 1.29 is 9.53 Å². The van der Waals surface area contributed by atoms with Crippen molar-refractivity contribution >= 4 is 6.09 Å². The summed E-state index contributed by atoms with van der Waals surface area (Å²) in [7, 11) is 0. The van der Waals surface area contributed by atoms with Gasteiger partial charge in [0.15, 0.2) is 0 Å². The second-order valence-electron chi connectivity index (χ2n) is 7.22. The quantitative estimate of drug-likeness (QED) is 0.932. The molecule has 1 fully saturated rings. The van der Waals surface area contributed by atoms with Crippen LogP contribution in [0.5, 0.6) is 0 Å². The highest BCUT2D eigenvalue weighted by Gasteiger charge is 2.26. The van der Waals surface area contributed by atoms with Crippen LogP contribution in [0.25, 0.3) is 0 Å². The Morgan fingerprint density at radius 3 is 2.27 bits per heavy atom. The number of aromatic nitrogens is 1. The van der Waals surface area contributed by atoms with Crippen LogP contribution in [-0.2, 0) is 4.74 Å². The molecule has 1 aliphatic heterocycles. The van der Waals surface area contributed by atoms with E-state index in [-0.39, 0.29) is 6.09 Å². The fourth-order valence-corrected chi connectivity index (χ4v) is 2.78. The summed E-state index contributed by atoms with van der Waals surface area (Å²) < 4.78 is 7.57. The maximum Gasteiger partial charge on any atom is 0.410 e. The first-order valence-corrected chi connectivity index (χ1v) is 8.13. The lowest BCUT2D eigenvalue weighted by Gasteiger charge is -2.33. The summed E-state index contributed by atoms with van der Waals surface area (Å²) in [6.45, 7) is 12.4. The molecule has 0 saturated carbocycles. The SMILES string of the molecule is Cc1ccc(C)n1NCC1CCN(C(=O)OC(C)(C)C)CC1. The van der Waals surface area contributed by atoms with E-state index in [1.54, 1.807) is 0 Å². The van der Waals surface area contributed by atoms with Crippen molar-refractivity contribution in [3.05, 3.63) is 23.5 Å². The first kappa shape index (κ1) is 16.7. The van der Waals surface area contributed by atoms with Gasteiger partial charge in [-0.1, -0.05) is 0 Å². The van der Waals surface area contributed by atoms with E-state index in [0.29, 0.717) is 5.92 Å². The first-order chi connectivity index (χ1) is 10.3. The third-order valence-electron chi connectivity index (χ3n) is 4.08. The van der Waals surface area contributed by atoms with E-state index < -0.39 is 5.60 Å². The highest BCUT2D eigenvalue weighted by molar-refractivity contribution is 5.68. The van der Waals surface area contributed by atoms with Crippen LogP contribution in [0.3, 0.4) is 0 Å². The summed E-state index contributed by atoms with van der Waals surface area (Å²) >= 11 is 0. The van der Waals surface area contributed by atoms with Gasteiger partial charge in [0.25, 0.3) is 0 Å². The van der Waals surface area contributed by atoms with Crippen LogP contribution < -0.4 is 5.43 Å². The number of likely N-dealkylation sites (tertiary alicyclic amines) is 1. The molecule has 22 heavy (non-hydrogen) atoms. The minimum Gasteiger partial charge on any atom is -0.444 e. The average Bonchev–Trinajstić information content (AvgIpc) is 2.74. The Morgan fingerprint density at radius 1 is 1.23 bits per heavy atom. The molecule has 1 aromatic rings. The van der Waals surface area contributed by atoms with Gasteiger partial charge in [-0.25, -0.2) is 4.79 Å². The number of carbonyl (C=O) groups is 1. The number of rotatable bonds is 3. The predicted octanol–water partition coefficient (Wildman–Crippen LogP) is 3.30. The smallest absolute Gasteiger partial charge is 0.410 e. The lowest BCUT2D eigenvalue weighted by Crippen LogP contribution is -2.43. The zero-order valence-corrected chi connectivity index (χ0v) is 14.5. The van der Waals surface area contributed by atoms with E-state index >= 15 is 0 Å². The maximum absolute atomic E-state index is 12.0. The van der Waals surface area contributed by atoms with Gasteiger partial charge in [-0.15, -0.1) is 0 Å². The molecule has 0 aliphatic carbocycles. The highest BCUT2D eigenvalue weighted by Crippen LogP contribution is 2.19. The van der Waals surface area contributed by atoms with Gasteiger partial charge in [0.05, 0.1) is 0 Å². The fourth-order valence-electron chi connectivity index (χ4n) is 2.78. The van der Waals surface area contributed by atoms with Gasteiger partial charge in [0.2, 0.25) is 0 Å². The Kier molecular flexibility index (Phi) is 5.04. The molecule has 0 bridgehead atoms. The number of aryl methyl sites for hydroxylation is 2. The average molecular weight is 307 g/mol. The predicted molar refractivity (Wildman–Crippen MR) is 88.7 cm³/mol. The number of amides is 1. The Morgan fingerprint density at radius 2 is 1.77 bits per heavy atom. The molecule has 5 heteroatoms. The van der Waals surface area contributed by atoms with Crippen LogP contribution in [0.4, 0.5) is 4.79 Å². The highest BCUT2D eigenvalue weighted by atomic mass is 16.6. The number of ether oxygens (including phenoxy) is 1. The van der Waals surface area contributed by atoms with Gasteiger partial charge in [-0.3, -0.25) is 4.68 Å². The normalized spacial score (nSPS) is 16.7. The van der Waals surface area contributed by atoms with Gasteiger partial charge in [-0.2, -0.15) is 0 Å². The zero-order valence-electron chi connectivity index (χ0n) is 14.5. The van der Waals surface area contributed by atoms with Crippen molar-refractivity contribution in [1.29, 1.82) is 0 Å². The topological polar surface area (TPSA) is 46.5 Å². The fraction of sp³-hybridized carbons (Fsp3) is 0.706. The van der Waals surface area contributed by atoms with E-state index in [9.17, 15) is 4.79 Å². The number of nitrogens with one attached hydrogen (secondary N) is 1. The van der Waals surface area contributed by atoms with E-state index in [0.717, 1.165) is 32.5 Å². The van der Waals surface area contributed by atoms with Crippen LogP contribution in [-0.4, -0.2) is 40.9 Å². The van der Waals surface area contributed by atoms with E-state index in [4.69, 9.17) is 4.74 Å². The number of carbonyl (C=O) groups excluding carboxylic acids is 1. The lowest BCUT2D eigenvalue weighted by atomic mass is 9.97. The first-order valence-electron chi connectivity index (χ1n) is 8.13. The summed E-state index contributed by atoms with van der Waals surface area (Å²) in [5, 5.41) is 0. The van der Waals surface area contributed by atoms with Gasteiger partial charge >= 0.3 is 6.09 Å². The molecule has 1 aromatic heterocycles. The number of piperidine rings is 1. The third kappa shape index (κ3) is 4.42. The van der Waals surface area contributed by atoms with Crippen molar-refractivity contribution in [2.24, 2.45) is 5.92 Å². The minimum absolute atomic E-state index is 0.184. The van der Waals surface area contributed by atoms with Crippen molar-refractivity contribution in [2.75, 3.05) is 25.1 Å². The van der Waals surface area contributed by atoms with Crippen LogP contribution in [0.1, 0.15) is 45.0 Å². The molecule has 1 N–H and O–H groups in total. The Bertz CT molecular complexity index is 489. The molecule has 2 rings (SSSR count). The number of hydrogen-bond donors (Lipinski definition) is 1. The summed E-state index contributed by atoms with van der Waals surface area (Å²) in [6, 6.07) is 4.24. The van der Waals surface area contributed by atoms with Crippen molar-refractivity contribution in [3.8, 4) is 0 Å². The summed E-state index contributed by atoms with van der Waals surface area (Å²) in [4.78, 5) is 13.9. The van der Waals surface area contributed by atoms with Crippen molar-refractivity contribution in [2.45, 2.75) is 53.1 Å². The molecular formula is C17H29N3O2. The summed E-state index contributed by atoms with van der Waals surface area (Å²) in [6.07, 6.45) is 1.85. The summed E-state index contributed by atoms with van der Waals surface area (Å²) in [5.41, 5.74) is 5.53. The molecule has 124 valence electrons. The molecular weight excluding hydrogens is 278 g/mol. The molecule has 0 radical (unpaired) electrons. The zero-order chi connectivity index (χ0) is 16.3. The van der Waals surface area contributed by atoms with Crippen molar-refractivity contribution in [3.63, 3.8) is 0 Å². The molecule has 0 spiro atoms. The number of nitrogens with zero attached hydrogens (tertiary/aromatic N) is 2. The molecule has 0 atom stereocenters. The van der Waals surface area contributed by atoms with Gasteiger partial charge in [0, 0.05) is 31.0 Å². The Labute approximate surface area is 133 Å². The standard InChI is InChI=1S/C17H29N3O2/c1-13-6-7-14(2)20(13)18-12-15-8-10-19(11-9-15)16(21)22-17(3,4)5/h6-7,15,18H,8-12H2,1-5H3. The maximum atomic E-state index is 12.0. The third-order valence-corrected chi connectivity index (χ3v) is 4.08. The molecule has 1 aliphatic rings. The van der Waals surface area contributed by atoms with Crippen LogP contribution in [0, 0.1) is 19.8 Å². The molecule has 0 aromatic carbocycles.